The first kappa shape index (κ1) is 18.8. The largest absolute Gasteiger partial charge is 0.357 e. The molecule has 1 aromatic carbocycles. The minimum atomic E-state index is 0.438. The smallest absolute Gasteiger partial charge is 0.191 e. The molecule has 1 aromatic rings. The van der Waals surface area contributed by atoms with E-state index in [-0.39, 0.29) is 0 Å². The fourth-order valence-corrected chi connectivity index (χ4v) is 3.25. The van der Waals surface area contributed by atoms with E-state index < -0.39 is 0 Å². The average Bonchev–Trinajstić information content (AvgIpc) is 2.62. The summed E-state index contributed by atoms with van der Waals surface area (Å²) in [4.78, 5) is 7.39. The molecule has 134 valence electrons. The van der Waals surface area contributed by atoms with E-state index in [4.69, 9.17) is 4.99 Å². The minimum Gasteiger partial charge on any atom is -0.357 e. The van der Waals surface area contributed by atoms with Gasteiger partial charge in [0.25, 0.3) is 0 Å². The summed E-state index contributed by atoms with van der Waals surface area (Å²) in [5.74, 6) is 1.40. The molecule has 1 heterocycles. The van der Waals surface area contributed by atoms with Crippen molar-refractivity contribution in [3.63, 3.8) is 0 Å². The van der Waals surface area contributed by atoms with E-state index in [0.29, 0.717) is 12.0 Å². The second-order valence-corrected chi connectivity index (χ2v) is 6.79. The second kappa shape index (κ2) is 10.3. The summed E-state index contributed by atoms with van der Waals surface area (Å²) >= 11 is 0. The molecule has 0 bridgehead atoms. The minimum absolute atomic E-state index is 0.438. The average molecular weight is 331 g/mol. The van der Waals surface area contributed by atoms with Crippen molar-refractivity contribution in [1.29, 1.82) is 0 Å². The molecule has 1 aliphatic rings. The van der Waals surface area contributed by atoms with E-state index in [9.17, 15) is 0 Å². The predicted octanol–water partition coefficient (Wildman–Crippen LogP) is 3.22. The van der Waals surface area contributed by atoms with Crippen molar-refractivity contribution in [3.8, 4) is 0 Å². The lowest BCUT2D eigenvalue weighted by Crippen LogP contribution is -2.48. The lowest BCUT2D eigenvalue weighted by molar-refractivity contribution is 0.206. The Hall–Kier alpha value is -1.55. The van der Waals surface area contributed by atoms with Gasteiger partial charge in [0, 0.05) is 38.1 Å². The molecule has 1 fully saturated rings. The van der Waals surface area contributed by atoms with Crippen LogP contribution in [-0.2, 0) is 0 Å². The normalized spacial score (nSPS) is 18.4. The summed E-state index contributed by atoms with van der Waals surface area (Å²) in [5, 5.41) is 7.04. The Labute approximate surface area is 147 Å². The Morgan fingerprint density at radius 1 is 1.21 bits per heavy atom. The molecule has 2 rings (SSSR count). The molecule has 4 nitrogen and oxygen atoms in total. The summed E-state index contributed by atoms with van der Waals surface area (Å²) in [7, 11) is 0. The maximum Gasteiger partial charge on any atom is 0.191 e. The van der Waals surface area contributed by atoms with Crippen LogP contribution in [0.15, 0.2) is 35.3 Å². The van der Waals surface area contributed by atoms with Gasteiger partial charge in [0.2, 0.25) is 0 Å². The summed E-state index contributed by atoms with van der Waals surface area (Å²) in [6.07, 6.45) is 3.66. The van der Waals surface area contributed by atoms with Gasteiger partial charge in [-0.25, -0.2) is 0 Å². The molecule has 1 atom stereocenters. The van der Waals surface area contributed by atoms with Crippen molar-refractivity contribution >= 4 is 5.96 Å². The number of guanidine groups is 1. The molecular formula is C20H34N4. The molecule has 0 aliphatic carbocycles. The summed E-state index contributed by atoms with van der Waals surface area (Å²) in [5.41, 5.74) is 1.35. The Morgan fingerprint density at radius 3 is 2.54 bits per heavy atom. The van der Waals surface area contributed by atoms with Crippen molar-refractivity contribution in [2.75, 3.05) is 32.7 Å². The highest BCUT2D eigenvalue weighted by atomic mass is 15.2. The third-order valence-corrected chi connectivity index (χ3v) is 4.70. The maximum absolute atomic E-state index is 4.82. The van der Waals surface area contributed by atoms with Crippen LogP contribution in [0.3, 0.4) is 0 Å². The van der Waals surface area contributed by atoms with Crippen LogP contribution in [0, 0.1) is 0 Å². The predicted molar refractivity (Wildman–Crippen MR) is 104 cm³/mol. The number of rotatable bonds is 7. The molecule has 0 amide bonds. The third kappa shape index (κ3) is 6.16. The van der Waals surface area contributed by atoms with Crippen LogP contribution >= 0.6 is 0 Å². The SMILES string of the molecule is CCCN1CCC(NC(=NCC(C)c2ccccc2)NCC)CC1. The molecule has 0 saturated carbocycles. The number of nitrogens with one attached hydrogen (secondary N) is 2. The number of piperidine rings is 1. The first-order valence-corrected chi connectivity index (χ1v) is 9.55. The Bertz CT molecular complexity index is 478. The van der Waals surface area contributed by atoms with Gasteiger partial charge in [-0.3, -0.25) is 4.99 Å². The van der Waals surface area contributed by atoms with Crippen LogP contribution in [0.1, 0.15) is 51.5 Å². The Morgan fingerprint density at radius 2 is 1.92 bits per heavy atom. The van der Waals surface area contributed by atoms with E-state index in [2.05, 4.69) is 66.6 Å². The number of likely N-dealkylation sites (tertiary alicyclic amines) is 1. The van der Waals surface area contributed by atoms with Crippen molar-refractivity contribution in [2.45, 2.75) is 52.0 Å². The van der Waals surface area contributed by atoms with Gasteiger partial charge in [-0.2, -0.15) is 0 Å². The highest BCUT2D eigenvalue weighted by Gasteiger charge is 2.19. The number of benzene rings is 1. The van der Waals surface area contributed by atoms with Gasteiger partial charge in [0.1, 0.15) is 0 Å². The lowest BCUT2D eigenvalue weighted by Gasteiger charge is -2.32. The molecule has 0 aromatic heterocycles. The van der Waals surface area contributed by atoms with Gasteiger partial charge in [-0.15, -0.1) is 0 Å². The summed E-state index contributed by atoms with van der Waals surface area (Å²) < 4.78 is 0. The van der Waals surface area contributed by atoms with Crippen LogP contribution in [0.2, 0.25) is 0 Å². The van der Waals surface area contributed by atoms with Crippen LogP contribution in [0.5, 0.6) is 0 Å². The van der Waals surface area contributed by atoms with E-state index in [1.165, 1.54) is 44.5 Å². The number of aliphatic imine (C=N–C) groups is 1. The van der Waals surface area contributed by atoms with E-state index in [1.807, 2.05) is 0 Å². The fourth-order valence-electron chi connectivity index (χ4n) is 3.25. The molecule has 24 heavy (non-hydrogen) atoms. The Balaban J connectivity index is 1.85. The number of hydrogen-bond donors (Lipinski definition) is 2. The first-order chi connectivity index (χ1) is 11.7. The highest BCUT2D eigenvalue weighted by molar-refractivity contribution is 5.80. The van der Waals surface area contributed by atoms with E-state index in [1.54, 1.807) is 0 Å². The number of nitrogens with zero attached hydrogens (tertiary/aromatic N) is 2. The van der Waals surface area contributed by atoms with Gasteiger partial charge in [0.15, 0.2) is 5.96 Å². The maximum atomic E-state index is 4.82. The summed E-state index contributed by atoms with van der Waals surface area (Å²) in [6.45, 7) is 12.0. The van der Waals surface area contributed by atoms with Crippen LogP contribution in [0.4, 0.5) is 0 Å². The second-order valence-electron chi connectivity index (χ2n) is 6.79. The molecule has 1 unspecified atom stereocenters. The topological polar surface area (TPSA) is 39.7 Å². The van der Waals surface area contributed by atoms with Crippen LogP contribution < -0.4 is 10.6 Å². The van der Waals surface area contributed by atoms with Gasteiger partial charge in [-0.05, 0) is 38.3 Å². The zero-order chi connectivity index (χ0) is 17.2. The third-order valence-electron chi connectivity index (χ3n) is 4.70. The molecule has 4 heteroatoms. The van der Waals surface area contributed by atoms with Crippen LogP contribution in [0.25, 0.3) is 0 Å². The zero-order valence-electron chi connectivity index (χ0n) is 15.6. The molecule has 1 aliphatic heterocycles. The first-order valence-electron chi connectivity index (χ1n) is 9.55. The molecule has 2 N–H and O–H groups in total. The zero-order valence-corrected chi connectivity index (χ0v) is 15.6. The van der Waals surface area contributed by atoms with Crippen LogP contribution in [-0.4, -0.2) is 49.6 Å². The van der Waals surface area contributed by atoms with Gasteiger partial charge < -0.3 is 15.5 Å². The highest BCUT2D eigenvalue weighted by Crippen LogP contribution is 2.15. The van der Waals surface area contributed by atoms with Crippen molar-refractivity contribution in [3.05, 3.63) is 35.9 Å². The molecule has 0 radical (unpaired) electrons. The van der Waals surface area contributed by atoms with Gasteiger partial charge in [0.05, 0.1) is 0 Å². The Kier molecular flexibility index (Phi) is 8.10. The monoisotopic (exact) mass is 330 g/mol. The van der Waals surface area contributed by atoms with Crippen molar-refractivity contribution in [1.82, 2.24) is 15.5 Å². The van der Waals surface area contributed by atoms with Gasteiger partial charge in [-0.1, -0.05) is 44.2 Å². The van der Waals surface area contributed by atoms with Crippen molar-refractivity contribution < 1.29 is 0 Å². The summed E-state index contributed by atoms with van der Waals surface area (Å²) in [6, 6.07) is 11.2. The fraction of sp³-hybridized carbons (Fsp3) is 0.650. The van der Waals surface area contributed by atoms with Gasteiger partial charge >= 0.3 is 0 Å². The molecular weight excluding hydrogens is 296 g/mol. The molecule has 1 saturated heterocycles. The molecule has 0 spiro atoms. The number of hydrogen-bond acceptors (Lipinski definition) is 2. The van der Waals surface area contributed by atoms with Crippen molar-refractivity contribution in [2.24, 2.45) is 4.99 Å². The van der Waals surface area contributed by atoms with E-state index in [0.717, 1.165) is 19.0 Å². The lowest BCUT2D eigenvalue weighted by atomic mass is 10.0. The quantitative estimate of drug-likeness (QED) is 0.596. The standard InChI is InChI=1S/C20H34N4/c1-4-13-24-14-11-19(12-15-24)23-20(21-5-2)22-16-17(3)18-9-7-6-8-10-18/h6-10,17,19H,4-5,11-16H2,1-3H3,(H2,21,22,23). The van der Waals surface area contributed by atoms with E-state index >= 15 is 0 Å².